The molecule has 0 radical (unpaired) electrons. The van der Waals surface area contributed by atoms with E-state index in [0.29, 0.717) is 12.5 Å². The Balaban J connectivity index is 1.40. The molecule has 24 heavy (non-hydrogen) atoms. The van der Waals surface area contributed by atoms with Gasteiger partial charge in [-0.05, 0) is 37.4 Å². The maximum atomic E-state index is 12.2. The lowest BCUT2D eigenvalue weighted by molar-refractivity contribution is -0.136. The number of amides is 1. The fraction of sp³-hybridized carbons (Fsp3) is 0.632. The molecule has 1 aromatic carbocycles. The Kier molecular flexibility index (Phi) is 5.87. The van der Waals surface area contributed by atoms with Gasteiger partial charge in [0.2, 0.25) is 5.91 Å². The molecule has 0 spiro atoms. The van der Waals surface area contributed by atoms with E-state index < -0.39 is 6.10 Å². The molecule has 5 heteroatoms. The van der Waals surface area contributed by atoms with Crippen molar-refractivity contribution in [2.75, 3.05) is 46.3 Å². The van der Waals surface area contributed by atoms with Crippen molar-refractivity contribution in [1.82, 2.24) is 15.1 Å². The molecule has 2 heterocycles. The molecule has 1 atom stereocenters. The summed E-state index contributed by atoms with van der Waals surface area (Å²) >= 11 is 0. The molecule has 2 aliphatic rings. The van der Waals surface area contributed by atoms with Crippen LogP contribution in [0.15, 0.2) is 30.3 Å². The molecule has 2 saturated heterocycles. The van der Waals surface area contributed by atoms with Gasteiger partial charge in [-0.2, -0.15) is 0 Å². The van der Waals surface area contributed by atoms with E-state index in [-0.39, 0.29) is 11.8 Å². The molecule has 2 aliphatic heterocycles. The standard InChI is InChI=1S/C19H29N3O2/c1-21(19(24)17-11-20-12-17)13-15-7-9-22(10-8-15)14-18(23)16-5-3-2-4-6-16/h2-6,15,17-18,20,23H,7-14H2,1H3. The normalized spacial score (nSPS) is 21.2. The van der Waals surface area contributed by atoms with Crippen LogP contribution in [0, 0.1) is 11.8 Å². The van der Waals surface area contributed by atoms with Gasteiger partial charge >= 0.3 is 0 Å². The molecular weight excluding hydrogens is 302 g/mol. The van der Waals surface area contributed by atoms with Crippen LogP contribution in [-0.4, -0.2) is 67.1 Å². The molecule has 0 bridgehead atoms. The number of nitrogens with one attached hydrogen (secondary N) is 1. The Labute approximate surface area is 144 Å². The van der Waals surface area contributed by atoms with Crippen LogP contribution in [0.25, 0.3) is 0 Å². The van der Waals surface area contributed by atoms with Crippen molar-refractivity contribution in [2.45, 2.75) is 18.9 Å². The second-order valence-electron chi connectivity index (χ2n) is 7.24. The minimum atomic E-state index is -0.418. The highest BCUT2D eigenvalue weighted by molar-refractivity contribution is 5.79. The van der Waals surface area contributed by atoms with Crippen LogP contribution in [0.4, 0.5) is 0 Å². The molecule has 0 aromatic heterocycles. The number of β-amino-alcohol motifs (C(OH)–C–C–N with tert-alkyl or cyclic N) is 1. The Hall–Kier alpha value is -1.43. The van der Waals surface area contributed by atoms with Gasteiger partial charge in [0, 0.05) is 33.2 Å². The number of carbonyl (C=O) groups is 1. The Morgan fingerprint density at radius 2 is 1.96 bits per heavy atom. The first kappa shape index (κ1) is 17.4. The van der Waals surface area contributed by atoms with Crippen molar-refractivity contribution >= 4 is 5.91 Å². The summed E-state index contributed by atoms with van der Waals surface area (Å²) in [6.07, 6.45) is 1.78. The first-order valence-electron chi connectivity index (χ1n) is 9.04. The van der Waals surface area contributed by atoms with Crippen LogP contribution in [0.5, 0.6) is 0 Å². The van der Waals surface area contributed by atoms with E-state index in [0.717, 1.165) is 51.1 Å². The van der Waals surface area contributed by atoms with Crippen molar-refractivity contribution in [3.05, 3.63) is 35.9 Å². The van der Waals surface area contributed by atoms with E-state index >= 15 is 0 Å². The number of benzene rings is 1. The topological polar surface area (TPSA) is 55.8 Å². The molecule has 1 aromatic rings. The number of aliphatic hydroxyl groups excluding tert-OH is 1. The molecule has 2 N–H and O–H groups in total. The fourth-order valence-corrected chi connectivity index (χ4v) is 3.63. The summed E-state index contributed by atoms with van der Waals surface area (Å²) in [5, 5.41) is 13.5. The Bertz CT molecular complexity index is 525. The van der Waals surface area contributed by atoms with Crippen LogP contribution in [0.3, 0.4) is 0 Å². The van der Waals surface area contributed by atoms with Crippen LogP contribution >= 0.6 is 0 Å². The highest BCUT2D eigenvalue weighted by atomic mass is 16.3. The van der Waals surface area contributed by atoms with Gasteiger partial charge in [0.1, 0.15) is 0 Å². The number of nitrogens with zero attached hydrogens (tertiary/aromatic N) is 2. The third-order valence-corrected chi connectivity index (χ3v) is 5.36. The number of carbonyl (C=O) groups excluding carboxylic acids is 1. The number of hydrogen-bond acceptors (Lipinski definition) is 4. The van der Waals surface area contributed by atoms with E-state index in [1.165, 1.54) is 0 Å². The zero-order valence-electron chi connectivity index (χ0n) is 14.5. The van der Waals surface area contributed by atoms with E-state index in [2.05, 4.69) is 10.2 Å². The molecular formula is C19H29N3O2. The zero-order chi connectivity index (χ0) is 16.9. The molecule has 132 valence electrons. The summed E-state index contributed by atoms with van der Waals surface area (Å²) in [5.74, 6) is 1.06. The van der Waals surface area contributed by atoms with Crippen molar-refractivity contribution in [3.63, 3.8) is 0 Å². The minimum Gasteiger partial charge on any atom is -0.387 e. The van der Waals surface area contributed by atoms with E-state index in [9.17, 15) is 9.90 Å². The average molecular weight is 331 g/mol. The summed E-state index contributed by atoms with van der Waals surface area (Å²) in [7, 11) is 1.94. The number of aliphatic hydroxyl groups is 1. The van der Waals surface area contributed by atoms with Gasteiger partial charge in [0.05, 0.1) is 12.0 Å². The first-order chi connectivity index (χ1) is 11.6. The number of piperidine rings is 1. The second kappa shape index (κ2) is 8.10. The lowest BCUT2D eigenvalue weighted by atomic mass is 9.94. The van der Waals surface area contributed by atoms with Gasteiger partial charge in [0.15, 0.2) is 0 Å². The highest BCUT2D eigenvalue weighted by Crippen LogP contribution is 2.22. The highest BCUT2D eigenvalue weighted by Gasteiger charge is 2.29. The maximum absolute atomic E-state index is 12.2. The fourth-order valence-electron chi connectivity index (χ4n) is 3.63. The minimum absolute atomic E-state index is 0.191. The molecule has 1 amide bonds. The third kappa shape index (κ3) is 4.35. The second-order valence-corrected chi connectivity index (χ2v) is 7.24. The summed E-state index contributed by atoms with van der Waals surface area (Å²) in [4.78, 5) is 16.5. The molecule has 3 rings (SSSR count). The number of hydrogen-bond donors (Lipinski definition) is 2. The summed E-state index contributed by atoms with van der Waals surface area (Å²) in [6, 6.07) is 9.87. The van der Waals surface area contributed by atoms with Gasteiger partial charge in [-0.25, -0.2) is 0 Å². The summed E-state index contributed by atoms with van der Waals surface area (Å²) in [5.41, 5.74) is 0.985. The van der Waals surface area contributed by atoms with E-state index in [1.54, 1.807) is 0 Å². The van der Waals surface area contributed by atoms with Crippen LogP contribution < -0.4 is 5.32 Å². The van der Waals surface area contributed by atoms with Crippen LogP contribution in [0.2, 0.25) is 0 Å². The van der Waals surface area contributed by atoms with Gasteiger partial charge < -0.3 is 20.2 Å². The van der Waals surface area contributed by atoms with Crippen LogP contribution in [-0.2, 0) is 4.79 Å². The monoisotopic (exact) mass is 331 g/mol. The molecule has 0 saturated carbocycles. The van der Waals surface area contributed by atoms with Gasteiger partial charge in [0.25, 0.3) is 0 Å². The first-order valence-corrected chi connectivity index (χ1v) is 9.04. The molecule has 2 fully saturated rings. The zero-order valence-corrected chi connectivity index (χ0v) is 14.5. The van der Waals surface area contributed by atoms with Crippen molar-refractivity contribution in [3.8, 4) is 0 Å². The number of rotatable bonds is 6. The van der Waals surface area contributed by atoms with Crippen molar-refractivity contribution in [1.29, 1.82) is 0 Å². The van der Waals surface area contributed by atoms with E-state index in [1.807, 2.05) is 42.3 Å². The van der Waals surface area contributed by atoms with Crippen molar-refractivity contribution < 1.29 is 9.90 Å². The predicted octanol–water partition coefficient (Wildman–Crippen LogP) is 1.11. The smallest absolute Gasteiger partial charge is 0.228 e. The van der Waals surface area contributed by atoms with Gasteiger partial charge in [-0.1, -0.05) is 30.3 Å². The molecule has 0 aliphatic carbocycles. The quantitative estimate of drug-likeness (QED) is 0.820. The lowest BCUT2D eigenvalue weighted by Gasteiger charge is -2.36. The van der Waals surface area contributed by atoms with Crippen LogP contribution in [0.1, 0.15) is 24.5 Å². The summed E-state index contributed by atoms with van der Waals surface area (Å²) < 4.78 is 0. The predicted molar refractivity (Wildman–Crippen MR) is 94.6 cm³/mol. The maximum Gasteiger partial charge on any atom is 0.228 e. The average Bonchev–Trinajstić information content (AvgIpc) is 2.55. The lowest BCUT2D eigenvalue weighted by Crippen LogP contribution is -2.52. The summed E-state index contributed by atoms with van der Waals surface area (Å²) in [6.45, 7) is 5.23. The molecule has 5 nitrogen and oxygen atoms in total. The van der Waals surface area contributed by atoms with Crippen molar-refractivity contribution in [2.24, 2.45) is 11.8 Å². The largest absolute Gasteiger partial charge is 0.387 e. The number of likely N-dealkylation sites (tertiary alicyclic amines) is 1. The third-order valence-electron chi connectivity index (χ3n) is 5.36. The van der Waals surface area contributed by atoms with Gasteiger partial charge in [-0.3, -0.25) is 4.79 Å². The Morgan fingerprint density at radius 3 is 2.54 bits per heavy atom. The van der Waals surface area contributed by atoms with Gasteiger partial charge in [-0.15, -0.1) is 0 Å². The Morgan fingerprint density at radius 1 is 1.29 bits per heavy atom. The SMILES string of the molecule is CN(CC1CCN(CC(O)c2ccccc2)CC1)C(=O)C1CNC1. The van der Waals surface area contributed by atoms with E-state index in [4.69, 9.17) is 0 Å². The molecule has 1 unspecified atom stereocenters.